The highest BCUT2D eigenvalue weighted by atomic mass is 79.9. The maximum atomic E-state index is 12.4. The zero-order valence-corrected chi connectivity index (χ0v) is 16.5. The van der Waals surface area contributed by atoms with Gasteiger partial charge in [-0.05, 0) is 48.0 Å². The molecule has 1 aliphatic rings. The third-order valence-electron chi connectivity index (χ3n) is 4.13. The molecule has 0 atom stereocenters. The monoisotopic (exact) mass is 440 g/mol. The highest BCUT2D eigenvalue weighted by Gasteiger charge is 2.20. The molecule has 6 nitrogen and oxygen atoms in total. The van der Waals surface area contributed by atoms with E-state index in [1.54, 1.807) is 53.4 Å². The van der Waals surface area contributed by atoms with E-state index in [9.17, 15) is 14.9 Å². The second kappa shape index (κ2) is 9.31. The molecule has 7 heteroatoms. The number of carbonyl (C=O) groups is 2. The molecule has 1 heterocycles. The van der Waals surface area contributed by atoms with Crippen LogP contribution < -0.4 is 4.74 Å². The van der Waals surface area contributed by atoms with Gasteiger partial charge in [0.1, 0.15) is 17.4 Å². The van der Waals surface area contributed by atoms with E-state index in [0.717, 1.165) is 4.47 Å². The average molecular weight is 441 g/mol. The largest absolute Gasteiger partial charge is 0.423 e. The van der Waals surface area contributed by atoms with Gasteiger partial charge in [-0.25, -0.2) is 4.79 Å². The van der Waals surface area contributed by atoms with Crippen molar-refractivity contribution in [3.05, 3.63) is 69.7 Å². The van der Waals surface area contributed by atoms with Crippen LogP contribution in [0.5, 0.6) is 5.75 Å². The molecule has 2 aromatic rings. The van der Waals surface area contributed by atoms with Gasteiger partial charge in [0.25, 0.3) is 5.91 Å². The molecule has 0 aromatic heterocycles. The minimum Gasteiger partial charge on any atom is -0.423 e. The molecular weight excluding hydrogens is 424 g/mol. The number of esters is 1. The Kier molecular flexibility index (Phi) is 6.58. The number of nitriles is 1. The van der Waals surface area contributed by atoms with E-state index < -0.39 is 5.97 Å². The number of hydrogen-bond donors (Lipinski definition) is 0. The Balaban J connectivity index is 1.68. The summed E-state index contributed by atoms with van der Waals surface area (Å²) >= 11 is 3.32. The van der Waals surface area contributed by atoms with Crippen molar-refractivity contribution in [2.24, 2.45) is 0 Å². The topological polar surface area (TPSA) is 79.6 Å². The number of halogens is 1. The van der Waals surface area contributed by atoms with Gasteiger partial charge in [-0.1, -0.05) is 28.1 Å². The fraction of sp³-hybridized carbons (Fsp3) is 0.190. The summed E-state index contributed by atoms with van der Waals surface area (Å²) in [5.74, 6) is -0.393. The first-order valence-electron chi connectivity index (χ1n) is 8.63. The molecule has 0 aliphatic carbocycles. The van der Waals surface area contributed by atoms with Crippen LogP contribution in [0.1, 0.15) is 15.9 Å². The van der Waals surface area contributed by atoms with Crippen molar-refractivity contribution < 1.29 is 19.1 Å². The number of amides is 1. The smallest absolute Gasteiger partial charge is 0.343 e. The lowest BCUT2D eigenvalue weighted by Gasteiger charge is -2.26. The van der Waals surface area contributed by atoms with Crippen molar-refractivity contribution in [3.8, 4) is 11.8 Å². The van der Waals surface area contributed by atoms with Crippen molar-refractivity contribution >= 4 is 33.9 Å². The highest BCUT2D eigenvalue weighted by Crippen LogP contribution is 2.18. The molecule has 3 rings (SSSR count). The Morgan fingerprint density at radius 3 is 2.32 bits per heavy atom. The first-order valence-corrected chi connectivity index (χ1v) is 9.43. The predicted molar refractivity (Wildman–Crippen MR) is 107 cm³/mol. The van der Waals surface area contributed by atoms with Crippen LogP contribution in [0.4, 0.5) is 0 Å². The maximum absolute atomic E-state index is 12.4. The molecule has 0 radical (unpaired) electrons. The summed E-state index contributed by atoms with van der Waals surface area (Å²) in [4.78, 5) is 26.2. The first kappa shape index (κ1) is 19.8. The molecule has 1 saturated heterocycles. The number of carbonyl (C=O) groups excluding carboxylic acids is 2. The summed E-state index contributed by atoms with van der Waals surface area (Å²) in [6, 6.07) is 15.4. The second-order valence-corrected chi connectivity index (χ2v) is 6.96. The van der Waals surface area contributed by atoms with Crippen molar-refractivity contribution in [2.75, 3.05) is 26.3 Å². The minimum atomic E-state index is -0.462. The summed E-state index contributed by atoms with van der Waals surface area (Å²) in [5, 5.41) is 9.34. The van der Waals surface area contributed by atoms with E-state index in [-0.39, 0.29) is 11.5 Å². The van der Waals surface area contributed by atoms with Crippen LogP contribution in [0.15, 0.2) is 58.6 Å². The van der Waals surface area contributed by atoms with Gasteiger partial charge < -0.3 is 14.4 Å². The lowest BCUT2D eigenvalue weighted by molar-refractivity contribution is -0.130. The summed E-state index contributed by atoms with van der Waals surface area (Å²) < 4.78 is 11.4. The Morgan fingerprint density at radius 2 is 1.71 bits per heavy atom. The van der Waals surface area contributed by atoms with Crippen molar-refractivity contribution in [3.63, 3.8) is 0 Å². The van der Waals surface area contributed by atoms with Crippen LogP contribution in [0.3, 0.4) is 0 Å². The molecule has 142 valence electrons. The zero-order valence-electron chi connectivity index (χ0n) is 14.9. The van der Waals surface area contributed by atoms with Gasteiger partial charge in [0.15, 0.2) is 0 Å². The lowest BCUT2D eigenvalue weighted by Crippen LogP contribution is -2.41. The molecule has 0 saturated carbocycles. The lowest BCUT2D eigenvalue weighted by atomic mass is 10.1. The van der Waals surface area contributed by atoms with E-state index in [1.165, 1.54) is 6.08 Å². The summed E-state index contributed by atoms with van der Waals surface area (Å²) in [6.07, 6.45) is 1.53. The maximum Gasteiger partial charge on any atom is 0.343 e. The van der Waals surface area contributed by atoms with Crippen LogP contribution in [0.2, 0.25) is 0 Å². The van der Waals surface area contributed by atoms with Crippen LogP contribution in [-0.4, -0.2) is 43.1 Å². The number of nitrogens with zero attached hydrogens (tertiary/aromatic N) is 2. The van der Waals surface area contributed by atoms with Crippen molar-refractivity contribution in [2.45, 2.75) is 0 Å². The quantitative estimate of drug-likeness (QED) is 0.314. The molecule has 0 bridgehead atoms. The predicted octanol–water partition coefficient (Wildman–Crippen LogP) is 3.43. The standard InChI is InChI=1S/C21H17BrN2O4/c22-18-5-3-16(4-6-18)21(26)28-19-7-1-15(2-8-19)13-17(14-23)20(25)24-9-11-27-12-10-24/h1-8,13H,9-12H2/b17-13+. The molecule has 2 aromatic carbocycles. The van der Waals surface area contributed by atoms with E-state index in [0.29, 0.717) is 43.2 Å². The molecule has 0 N–H and O–H groups in total. The van der Waals surface area contributed by atoms with Crippen LogP contribution in [-0.2, 0) is 9.53 Å². The SMILES string of the molecule is N#C/C(=C\c1ccc(OC(=O)c2ccc(Br)cc2)cc1)C(=O)N1CCOCC1. The third kappa shape index (κ3) is 5.06. The Morgan fingerprint density at radius 1 is 1.07 bits per heavy atom. The van der Waals surface area contributed by atoms with Gasteiger partial charge in [0, 0.05) is 17.6 Å². The molecular formula is C21H17BrN2O4. The molecule has 1 amide bonds. The number of morpholine rings is 1. The summed E-state index contributed by atoms with van der Waals surface area (Å²) in [5.41, 5.74) is 1.16. The average Bonchev–Trinajstić information content (AvgIpc) is 2.73. The van der Waals surface area contributed by atoms with E-state index in [1.807, 2.05) is 6.07 Å². The van der Waals surface area contributed by atoms with Gasteiger partial charge in [-0.2, -0.15) is 5.26 Å². The Labute approximate surface area is 171 Å². The molecule has 0 spiro atoms. The number of rotatable bonds is 4. The van der Waals surface area contributed by atoms with Gasteiger partial charge >= 0.3 is 5.97 Å². The zero-order chi connectivity index (χ0) is 19.9. The minimum absolute atomic E-state index is 0.0570. The Bertz CT molecular complexity index is 924. The summed E-state index contributed by atoms with van der Waals surface area (Å²) in [6.45, 7) is 1.90. The summed E-state index contributed by atoms with van der Waals surface area (Å²) in [7, 11) is 0. The van der Waals surface area contributed by atoms with Crippen molar-refractivity contribution in [1.29, 1.82) is 5.26 Å². The Hall–Kier alpha value is -2.95. The number of hydrogen-bond acceptors (Lipinski definition) is 5. The van der Waals surface area contributed by atoms with E-state index >= 15 is 0 Å². The number of benzene rings is 2. The molecule has 1 aliphatic heterocycles. The second-order valence-electron chi connectivity index (χ2n) is 6.04. The number of ether oxygens (including phenoxy) is 2. The van der Waals surface area contributed by atoms with Gasteiger partial charge in [0.2, 0.25) is 0 Å². The first-order chi connectivity index (χ1) is 13.6. The van der Waals surface area contributed by atoms with Crippen LogP contribution in [0, 0.1) is 11.3 Å². The van der Waals surface area contributed by atoms with Gasteiger partial charge in [-0.3, -0.25) is 4.79 Å². The van der Waals surface area contributed by atoms with Gasteiger partial charge in [0.05, 0.1) is 18.8 Å². The normalized spacial score (nSPS) is 14.3. The van der Waals surface area contributed by atoms with Crippen molar-refractivity contribution in [1.82, 2.24) is 4.90 Å². The fourth-order valence-corrected chi connectivity index (χ4v) is 2.89. The van der Waals surface area contributed by atoms with E-state index in [4.69, 9.17) is 9.47 Å². The van der Waals surface area contributed by atoms with E-state index in [2.05, 4.69) is 15.9 Å². The molecule has 1 fully saturated rings. The van der Waals surface area contributed by atoms with Gasteiger partial charge in [-0.15, -0.1) is 0 Å². The highest BCUT2D eigenvalue weighted by molar-refractivity contribution is 9.10. The van der Waals surface area contributed by atoms with Crippen LogP contribution >= 0.6 is 15.9 Å². The fourth-order valence-electron chi connectivity index (χ4n) is 2.63. The third-order valence-corrected chi connectivity index (χ3v) is 4.66. The molecule has 28 heavy (non-hydrogen) atoms. The molecule has 0 unspecified atom stereocenters. The van der Waals surface area contributed by atoms with Crippen LogP contribution in [0.25, 0.3) is 6.08 Å².